The molecule has 2 saturated heterocycles. The normalized spacial score (nSPS) is 24.4. The first-order valence-electron chi connectivity index (χ1n) is 27.9. The molecule has 4 amide bonds. The van der Waals surface area contributed by atoms with E-state index in [9.17, 15) is 68.4 Å². The number of imide groups is 1. The Morgan fingerprint density at radius 1 is 0.742 bits per heavy atom. The molecule has 32 heteroatoms. The van der Waals surface area contributed by atoms with Gasteiger partial charge < -0.3 is 97.2 Å². The number of aliphatic hydroxyl groups is 8. The van der Waals surface area contributed by atoms with Crippen molar-refractivity contribution in [1.82, 2.24) is 29.8 Å². The van der Waals surface area contributed by atoms with Gasteiger partial charge in [-0.05, 0) is 65.5 Å². The molecule has 0 saturated carbocycles. The highest BCUT2D eigenvalue weighted by Gasteiger charge is 2.47. The maximum atomic E-state index is 14.7. The number of aliphatic hydroxyl groups excluding tert-OH is 8. The molecule has 4 aromatic carbocycles. The Bertz CT molecular complexity index is 3700. The molecule has 4 aliphatic rings. The highest BCUT2D eigenvalue weighted by Crippen LogP contribution is 2.48. The number of nitrogens with zero attached hydrogens (tertiary/aromatic N) is 6. The van der Waals surface area contributed by atoms with Crippen molar-refractivity contribution in [3.63, 3.8) is 0 Å². The van der Waals surface area contributed by atoms with Crippen molar-refractivity contribution < 1.29 is 110 Å². The summed E-state index contributed by atoms with van der Waals surface area (Å²) in [5.41, 5.74) is 1.68. The number of hydrogen-bond donors (Lipinski definition) is 9. The Balaban J connectivity index is 0.852. The third-order valence-electron chi connectivity index (χ3n) is 15.3. The second-order valence-corrected chi connectivity index (χ2v) is 22.6. The molecule has 2 unspecified atom stereocenters. The number of carbonyl (C=O) groups excluding carboxylic acids is 4. The highest BCUT2D eigenvalue weighted by atomic mass is 35.5. The van der Waals surface area contributed by atoms with E-state index in [1.807, 2.05) is 0 Å². The minimum Gasteiger partial charge on any atom is -0.497 e. The number of carbonyl (C=O) groups is 4. The van der Waals surface area contributed by atoms with Crippen molar-refractivity contribution in [2.75, 3.05) is 84.2 Å². The van der Waals surface area contributed by atoms with Crippen molar-refractivity contribution in [3.05, 3.63) is 108 Å². The molecule has 6 heterocycles. The van der Waals surface area contributed by atoms with E-state index in [0.29, 0.717) is 46.3 Å². The van der Waals surface area contributed by atoms with Crippen LogP contribution >= 0.6 is 11.6 Å². The monoisotopic (exact) mass is 1280 g/mol. The van der Waals surface area contributed by atoms with Crippen molar-refractivity contribution in [3.8, 4) is 28.7 Å². The van der Waals surface area contributed by atoms with E-state index in [1.54, 1.807) is 35.1 Å². The SMILES string of the molecule is COc1ccc2c(OS(=O)(=O)Oc3cc(C(=O)N(C)CCOCCn4cc(CCOCCN5C(=O)C=CC5=O)nn4)ccc3O[C@@H]3O[C@H](CO)[C@H](O)[C@H](O)C3O)cc3c(c2c1)[C@H](CCl)CN3C(=O)c1cc2ccc(OC3O[C@H](CO)[C@H](O)[C@H](O)[C@H]3O)cc2[nH]1. The molecular formula is C57H64ClN7O23S. The Morgan fingerprint density at radius 3 is 2.09 bits per heavy atom. The molecule has 0 spiro atoms. The molecule has 0 aliphatic carbocycles. The first-order chi connectivity index (χ1) is 42.7. The van der Waals surface area contributed by atoms with Crippen LogP contribution in [0.25, 0.3) is 21.7 Å². The molecule has 4 aliphatic heterocycles. The van der Waals surface area contributed by atoms with Crippen molar-refractivity contribution in [2.24, 2.45) is 0 Å². The Morgan fingerprint density at radius 2 is 1.40 bits per heavy atom. The number of benzene rings is 4. The maximum Gasteiger partial charge on any atom is 0.501 e. The van der Waals surface area contributed by atoms with Crippen LogP contribution in [-0.4, -0.2) is 243 Å². The number of halogens is 1. The average Bonchev–Trinajstić information content (AvgIpc) is 1.65. The summed E-state index contributed by atoms with van der Waals surface area (Å²) in [6.45, 7) is -0.370. The van der Waals surface area contributed by atoms with Crippen LogP contribution < -0.4 is 27.5 Å². The molecule has 10 rings (SSSR count). The number of ether oxygens (including phenoxy) is 7. The predicted molar refractivity (Wildman–Crippen MR) is 308 cm³/mol. The number of methoxy groups -OCH3 is 1. The van der Waals surface area contributed by atoms with Crippen LogP contribution in [0.15, 0.2) is 85.1 Å². The van der Waals surface area contributed by atoms with Gasteiger partial charge in [-0.1, -0.05) is 5.21 Å². The standard InChI is InChI=1S/C57H64ClN7O23S/c1-62(12-16-82-17-13-63-26-32(60-61-63)11-15-81-18-14-64-45(68)9-10-46(64)69)54(76)30-4-8-40(84-57-53(75)51(73)49(71)44(28-67)86-57)42(20-30)88-89(78,79)87-41-23-39-47(36-21-33(80-2)6-7-35(36)41)31(24-58)25-65(39)55(77)38-19-29-3-5-34(22-37(29)59-38)83-56-52(74)50(72)48(70)43(27-66)85-56/h3-10,19-23,26,31,43-44,48-53,56-57,59,66-67,70-75H,11-18,24-25,27-28H2,1-2H3/t31-,43-,44-,48+,49+,50+,51+,52-,53?,56?,57-/m1/s1. The molecule has 9 N–H and O–H groups in total. The molecule has 478 valence electrons. The van der Waals surface area contributed by atoms with E-state index in [0.717, 1.165) is 17.0 Å². The van der Waals surface area contributed by atoms with Gasteiger partial charge >= 0.3 is 10.4 Å². The largest absolute Gasteiger partial charge is 0.501 e. The number of alkyl halides is 1. The van der Waals surface area contributed by atoms with Crippen LogP contribution in [0.5, 0.6) is 28.7 Å². The lowest BCUT2D eigenvalue weighted by molar-refractivity contribution is -0.277. The summed E-state index contributed by atoms with van der Waals surface area (Å²) in [6.07, 6.45) is -12.1. The van der Waals surface area contributed by atoms with Crippen LogP contribution in [0, 0.1) is 0 Å². The van der Waals surface area contributed by atoms with Gasteiger partial charge in [0.15, 0.2) is 17.2 Å². The summed E-state index contributed by atoms with van der Waals surface area (Å²) in [7, 11) is -2.45. The summed E-state index contributed by atoms with van der Waals surface area (Å²) >= 11 is 6.60. The molecule has 6 aromatic rings. The van der Waals surface area contributed by atoms with Gasteiger partial charge in [0.05, 0.1) is 71.2 Å². The van der Waals surface area contributed by atoms with E-state index in [1.165, 1.54) is 66.4 Å². The van der Waals surface area contributed by atoms with Gasteiger partial charge in [-0.2, -0.15) is 0 Å². The predicted octanol–water partition coefficient (Wildman–Crippen LogP) is -0.763. The number of hydrogen-bond acceptors (Lipinski definition) is 25. The van der Waals surface area contributed by atoms with Gasteiger partial charge in [0.1, 0.15) is 66.0 Å². The molecule has 0 bridgehead atoms. The Kier molecular flexibility index (Phi) is 20.0. The number of likely N-dealkylation sites (N-methyl/N-ethyl adjacent to an activating group) is 1. The average molecular weight is 1280 g/mol. The molecular weight excluding hydrogens is 1220 g/mol. The molecule has 11 atom stereocenters. The molecule has 2 aromatic heterocycles. The van der Waals surface area contributed by atoms with Gasteiger partial charge in [0, 0.05) is 90.7 Å². The van der Waals surface area contributed by atoms with E-state index < -0.39 is 114 Å². The van der Waals surface area contributed by atoms with Gasteiger partial charge in [0.2, 0.25) is 12.6 Å². The zero-order valence-electron chi connectivity index (χ0n) is 47.6. The van der Waals surface area contributed by atoms with Gasteiger partial charge in [-0.3, -0.25) is 24.1 Å². The topological polar surface area (TPSA) is 404 Å². The number of fused-ring (bicyclic) bond motifs is 4. The first-order valence-corrected chi connectivity index (χ1v) is 29.8. The van der Waals surface area contributed by atoms with Gasteiger partial charge in [-0.15, -0.1) is 25.1 Å². The molecule has 2 fully saturated rings. The number of rotatable bonds is 26. The smallest absolute Gasteiger partial charge is 0.497 e. The van der Waals surface area contributed by atoms with Crippen LogP contribution in [-0.2, 0) is 51.9 Å². The highest BCUT2D eigenvalue weighted by molar-refractivity contribution is 7.82. The summed E-state index contributed by atoms with van der Waals surface area (Å²) in [5.74, 6) is -3.56. The minimum atomic E-state index is -5.34. The number of amides is 4. The van der Waals surface area contributed by atoms with Crippen molar-refractivity contribution in [2.45, 2.75) is 80.3 Å². The summed E-state index contributed by atoms with van der Waals surface area (Å²) in [6, 6.07) is 15.6. The molecule has 30 nitrogen and oxygen atoms in total. The van der Waals surface area contributed by atoms with E-state index in [-0.39, 0.29) is 97.6 Å². The Hall–Kier alpha value is -7.60. The first kappa shape index (κ1) is 64.4. The third kappa shape index (κ3) is 14.1. The number of nitrogens with one attached hydrogen (secondary N) is 1. The quantitative estimate of drug-likeness (QED) is 0.0183. The second kappa shape index (κ2) is 27.6. The maximum absolute atomic E-state index is 14.7. The van der Waals surface area contributed by atoms with Crippen molar-refractivity contribution >= 4 is 73.0 Å². The van der Waals surface area contributed by atoms with E-state index >= 15 is 0 Å². The van der Waals surface area contributed by atoms with Crippen LogP contribution in [0.4, 0.5) is 5.69 Å². The summed E-state index contributed by atoms with van der Waals surface area (Å²) in [4.78, 5) is 59.0. The fraction of sp³-hybridized carbons (Fsp3) is 0.439. The van der Waals surface area contributed by atoms with E-state index in [2.05, 4.69) is 15.3 Å². The van der Waals surface area contributed by atoms with E-state index in [4.69, 9.17) is 53.1 Å². The Labute approximate surface area is 511 Å². The van der Waals surface area contributed by atoms with Gasteiger partial charge in [-0.25, -0.2) is 4.68 Å². The van der Waals surface area contributed by atoms with Crippen LogP contribution in [0.3, 0.4) is 0 Å². The number of anilines is 1. The van der Waals surface area contributed by atoms with Crippen LogP contribution in [0.1, 0.15) is 38.0 Å². The minimum absolute atomic E-state index is 0.00550. The zero-order valence-corrected chi connectivity index (χ0v) is 49.2. The van der Waals surface area contributed by atoms with Crippen molar-refractivity contribution in [1.29, 1.82) is 0 Å². The summed E-state index contributed by atoms with van der Waals surface area (Å²) in [5, 5.41) is 91.9. The molecule has 89 heavy (non-hydrogen) atoms. The van der Waals surface area contributed by atoms with Crippen LogP contribution in [0.2, 0.25) is 0 Å². The third-order valence-corrected chi connectivity index (χ3v) is 16.4. The second-order valence-electron chi connectivity index (χ2n) is 21.1. The number of H-pyrrole nitrogens is 1. The zero-order chi connectivity index (χ0) is 63.4. The number of aromatic nitrogens is 4. The fourth-order valence-corrected chi connectivity index (χ4v) is 11.5. The lowest BCUT2D eigenvalue weighted by Crippen LogP contribution is -2.60. The molecule has 0 radical (unpaired) electrons. The fourth-order valence-electron chi connectivity index (χ4n) is 10.5. The van der Waals surface area contributed by atoms with Gasteiger partial charge in [0.25, 0.3) is 23.6 Å². The lowest BCUT2D eigenvalue weighted by atomic mass is 9.95. The lowest BCUT2D eigenvalue weighted by Gasteiger charge is -2.39. The summed E-state index contributed by atoms with van der Waals surface area (Å²) < 4.78 is 81.4. The number of aromatic amines is 1.